The molecule has 28 heavy (non-hydrogen) atoms. The molecule has 1 N–H and O–H groups in total. The third kappa shape index (κ3) is 4.46. The second-order valence-electron chi connectivity index (χ2n) is 7.04. The third-order valence-corrected chi connectivity index (χ3v) is 5.07. The third-order valence-electron chi connectivity index (χ3n) is 4.77. The molecule has 4 nitrogen and oxygen atoms in total. The zero-order chi connectivity index (χ0) is 20.3. The van der Waals surface area contributed by atoms with Crippen LogP contribution in [0.4, 0.5) is 0 Å². The molecule has 146 valence electrons. The molecule has 3 aromatic rings. The van der Waals surface area contributed by atoms with Gasteiger partial charge in [0.25, 0.3) is 0 Å². The minimum Gasteiger partial charge on any atom is -0.478 e. The summed E-state index contributed by atoms with van der Waals surface area (Å²) in [5, 5.41) is 10.2. The quantitative estimate of drug-likeness (QED) is 0.565. The predicted molar refractivity (Wildman–Crippen MR) is 112 cm³/mol. The number of carboxylic acids is 1. The van der Waals surface area contributed by atoms with E-state index in [9.17, 15) is 9.90 Å². The summed E-state index contributed by atoms with van der Waals surface area (Å²) in [6.45, 7) is 6.28. The Labute approximate surface area is 170 Å². The molecule has 0 aliphatic rings. The highest BCUT2D eigenvalue weighted by Gasteiger charge is 2.21. The second kappa shape index (κ2) is 8.63. The van der Waals surface area contributed by atoms with Gasteiger partial charge in [0.15, 0.2) is 0 Å². The van der Waals surface area contributed by atoms with Crippen molar-refractivity contribution in [1.82, 2.24) is 4.57 Å². The van der Waals surface area contributed by atoms with Crippen LogP contribution >= 0.6 is 11.6 Å². The fourth-order valence-electron chi connectivity index (χ4n) is 3.33. The van der Waals surface area contributed by atoms with Crippen LogP contribution in [-0.4, -0.2) is 21.7 Å². The van der Waals surface area contributed by atoms with Crippen molar-refractivity contribution in [3.05, 3.63) is 87.7 Å². The number of aromatic nitrogens is 1. The summed E-state index contributed by atoms with van der Waals surface area (Å²) >= 11 is 6.48. The van der Waals surface area contributed by atoms with E-state index in [1.807, 2.05) is 66.9 Å². The molecule has 0 aliphatic heterocycles. The van der Waals surface area contributed by atoms with Crippen molar-refractivity contribution in [3.63, 3.8) is 0 Å². The predicted octanol–water partition coefficient (Wildman–Crippen LogP) is 5.59. The topological polar surface area (TPSA) is 51.5 Å². The number of rotatable bonds is 7. The minimum absolute atomic E-state index is 0.0841. The average Bonchev–Trinajstić information content (AvgIpc) is 2.97. The van der Waals surface area contributed by atoms with Crippen LogP contribution in [0.5, 0.6) is 0 Å². The van der Waals surface area contributed by atoms with E-state index in [1.54, 1.807) is 13.0 Å². The van der Waals surface area contributed by atoms with Gasteiger partial charge < -0.3 is 14.4 Å². The summed E-state index contributed by atoms with van der Waals surface area (Å²) < 4.78 is 7.91. The van der Waals surface area contributed by atoms with Crippen molar-refractivity contribution in [1.29, 1.82) is 0 Å². The summed E-state index contributed by atoms with van der Waals surface area (Å²) in [5.41, 5.74) is 4.74. The molecule has 1 atom stereocenters. The maximum absolute atomic E-state index is 11.7. The van der Waals surface area contributed by atoms with Crippen LogP contribution < -0.4 is 0 Å². The van der Waals surface area contributed by atoms with E-state index in [4.69, 9.17) is 16.3 Å². The van der Waals surface area contributed by atoms with E-state index in [0.29, 0.717) is 23.7 Å². The van der Waals surface area contributed by atoms with Gasteiger partial charge >= 0.3 is 5.97 Å². The van der Waals surface area contributed by atoms with Gasteiger partial charge in [0.1, 0.15) is 0 Å². The van der Waals surface area contributed by atoms with Crippen LogP contribution in [0.2, 0.25) is 5.02 Å². The number of hydrogen-bond acceptors (Lipinski definition) is 2. The monoisotopic (exact) mass is 397 g/mol. The highest BCUT2D eigenvalue weighted by molar-refractivity contribution is 6.32. The Hall–Kier alpha value is -2.56. The summed E-state index contributed by atoms with van der Waals surface area (Å²) in [5.74, 6) is -0.946. The van der Waals surface area contributed by atoms with Crippen molar-refractivity contribution in [2.75, 3.05) is 0 Å². The first-order chi connectivity index (χ1) is 13.4. The maximum Gasteiger partial charge on any atom is 0.337 e. The molecule has 0 saturated heterocycles. The molecule has 0 spiro atoms. The molecule has 0 amide bonds. The normalized spacial score (nSPS) is 12.1. The summed E-state index contributed by atoms with van der Waals surface area (Å²) in [7, 11) is 0. The molecule has 0 fully saturated rings. The Bertz CT molecular complexity index is 979. The Morgan fingerprint density at radius 3 is 2.50 bits per heavy atom. The van der Waals surface area contributed by atoms with Crippen LogP contribution in [0.1, 0.15) is 39.8 Å². The lowest BCUT2D eigenvalue weighted by molar-refractivity contribution is 0.0526. The lowest BCUT2D eigenvalue weighted by Crippen LogP contribution is -2.15. The first-order valence-corrected chi connectivity index (χ1v) is 9.61. The van der Waals surface area contributed by atoms with Crippen LogP contribution in [0.25, 0.3) is 5.69 Å². The highest BCUT2D eigenvalue weighted by Crippen LogP contribution is 2.28. The van der Waals surface area contributed by atoms with E-state index < -0.39 is 5.97 Å². The number of carboxylic acid groups (broad SMARTS) is 1. The van der Waals surface area contributed by atoms with Crippen LogP contribution in [0, 0.1) is 13.8 Å². The van der Waals surface area contributed by atoms with E-state index in [0.717, 1.165) is 22.5 Å². The molecule has 1 heterocycles. The Balaban J connectivity index is 1.89. The van der Waals surface area contributed by atoms with Gasteiger partial charge in [0.2, 0.25) is 0 Å². The number of halogens is 1. The van der Waals surface area contributed by atoms with Gasteiger partial charge in [-0.15, -0.1) is 0 Å². The Kier molecular flexibility index (Phi) is 6.22. The number of ether oxygens (including phenoxy) is 1. The Morgan fingerprint density at radius 2 is 1.86 bits per heavy atom. The molecule has 0 unspecified atom stereocenters. The molecular weight excluding hydrogens is 374 g/mol. The van der Waals surface area contributed by atoms with Crippen molar-refractivity contribution in [3.8, 4) is 5.69 Å². The number of aromatic carboxylic acids is 1. The number of nitrogens with zero attached hydrogens (tertiary/aromatic N) is 1. The zero-order valence-corrected chi connectivity index (χ0v) is 17.0. The summed E-state index contributed by atoms with van der Waals surface area (Å²) in [6.07, 6.45) is 0.490. The van der Waals surface area contributed by atoms with Gasteiger partial charge in [-0.05, 0) is 50.1 Å². The highest BCUT2D eigenvalue weighted by atomic mass is 35.5. The number of carbonyl (C=O) groups is 1. The van der Waals surface area contributed by atoms with Crippen molar-refractivity contribution < 1.29 is 14.6 Å². The molecule has 0 aliphatic carbocycles. The van der Waals surface area contributed by atoms with Gasteiger partial charge in [-0.2, -0.15) is 0 Å². The fraction of sp³-hybridized carbons (Fsp3) is 0.261. The fourth-order valence-corrected chi connectivity index (χ4v) is 3.65. The molecule has 1 aromatic heterocycles. The van der Waals surface area contributed by atoms with Gasteiger partial charge in [-0.1, -0.05) is 48.0 Å². The average molecular weight is 398 g/mol. The van der Waals surface area contributed by atoms with Gasteiger partial charge in [0, 0.05) is 17.8 Å². The van der Waals surface area contributed by atoms with Crippen LogP contribution in [-0.2, 0) is 17.8 Å². The van der Waals surface area contributed by atoms with E-state index >= 15 is 0 Å². The number of aryl methyl sites for hydroxylation is 1. The largest absolute Gasteiger partial charge is 0.478 e. The molecule has 5 heteroatoms. The van der Waals surface area contributed by atoms with E-state index in [1.165, 1.54) is 0 Å². The molecule has 0 radical (unpaired) electrons. The zero-order valence-electron chi connectivity index (χ0n) is 16.3. The van der Waals surface area contributed by atoms with Crippen molar-refractivity contribution in [2.45, 2.75) is 39.9 Å². The SMILES string of the molecule is Cc1ccc(-n2c(C[C@H](C)OCc3ccccc3)cc(C(=O)O)c2C)c(Cl)c1. The van der Waals surface area contributed by atoms with Gasteiger partial charge in [0.05, 0.1) is 29.0 Å². The Morgan fingerprint density at radius 1 is 1.14 bits per heavy atom. The van der Waals surface area contributed by atoms with Crippen molar-refractivity contribution >= 4 is 17.6 Å². The summed E-state index contributed by atoms with van der Waals surface area (Å²) in [4.78, 5) is 11.7. The van der Waals surface area contributed by atoms with E-state index in [-0.39, 0.29) is 11.7 Å². The molecule has 0 bridgehead atoms. The standard InChI is InChI=1S/C23H24ClNO3/c1-15-9-10-22(21(24)11-15)25-17(3)20(23(26)27)13-19(25)12-16(2)28-14-18-7-5-4-6-8-18/h4-11,13,16H,12,14H2,1-3H3,(H,26,27)/t16-/m0/s1. The van der Waals surface area contributed by atoms with Crippen molar-refractivity contribution in [2.24, 2.45) is 0 Å². The van der Waals surface area contributed by atoms with Gasteiger partial charge in [-0.3, -0.25) is 0 Å². The number of benzene rings is 2. The molecule has 2 aromatic carbocycles. The second-order valence-corrected chi connectivity index (χ2v) is 7.45. The maximum atomic E-state index is 11.7. The molecule has 0 saturated carbocycles. The van der Waals surface area contributed by atoms with Crippen LogP contribution in [0.15, 0.2) is 54.6 Å². The summed E-state index contributed by atoms with van der Waals surface area (Å²) in [6, 6.07) is 17.5. The van der Waals surface area contributed by atoms with Crippen LogP contribution in [0.3, 0.4) is 0 Å². The lowest BCUT2D eigenvalue weighted by Gasteiger charge is -2.17. The van der Waals surface area contributed by atoms with Gasteiger partial charge in [-0.25, -0.2) is 4.79 Å². The number of hydrogen-bond donors (Lipinski definition) is 1. The first-order valence-electron chi connectivity index (χ1n) is 9.23. The smallest absolute Gasteiger partial charge is 0.337 e. The minimum atomic E-state index is -0.946. The first kappa shape index (κ1) is 20.2. The van der Waals surface area contributed by atoms with E-state index in [2.05, 4.69) is 0 Å². The molecule has 3 rings (SSSR count). The molecular formula is C23H24ClNO3. The lowest BCUT2D eigenvalue weighted by atomic mass is 10.1.